The predicted molar refractivity (Wildman–Crippen MR) is 89.0 cm³/mol. The molecule has 2 aliphatic heterocycles. The molecule has 3 nitrogen and oxygen atoms in total. The van der Waals surface area contributed by atoms with Crippen molar-refractivity contribution in [1.82, 2.24) is 4.90 Å². The molecule has 100 valence electrons. The van der Waals surface area contributed by atoms with Gasteiger partial charge in [-0.15, -0.1) is 11.8 Å². The van der Waals surface area contributed by atoms with Crippen LogP contribution in [0.15, 0.2) is 29.2 Å². The summed E-state index contributed by atoms with van der Waals surface area (Å²) in [6.07, 6.45) is 0.727. The summed E-state index contributed by atoms with van der Waals surface area (Å²) < 4.78 is 0. The van der Waals surface area contributed by atoms with Crippen molar-refractivity contribution in [2.24, 2.45) is 5.73 Å². The van der Waals surface area contributed by atoms with E-state index in [2.05, 4.69) is 34.1 Å². The maximum atomic E-state index is 5.62. The Labute approximate surface area is 128 Å². The lowest BCUT2D eigenvalue weighted by Gasteiger charge is -2.31. The van der Waals surface area contributed by atoms with Crippen molar-refractivity contribution in [3.05, 3.63) is 24.3 Å². The number of nitrogens with zero attached hydrogens (tertiary/aromatic N) is 2. The largest absolute Gasteiger partial charge is 0.393 e. The van der Waals surface area contributed by atoms with E-state index in [1.807, 2.05) is 11.8 Å². The topological polar surface area (TPSA) is 32.5 Å². The summed E-state index contributed by atoms with van der Waals surface area (Å²) in [5.74, 6) is 1.08. The first kappa shape index (κ1) is 13.1. The molecule has 1 fully saturated rings. The van der Waals surface area contributed by atoms with E-state index in [1.54, 1.807) is 0 Å². The highest BCUT2D eigenvalue weighted by molar-refractivity contribution is 7.99. The number of nitrogens with two attached hydrogens (primary N) is 1. The highest BCUT2D eigenvalue weighted by atomic mass is 32.2. The fraction of sp³-hybridized carbons (Fsp3) is 0.385. The van der Waals surface area contributed by atoms with Crippen LogP contribution in [-0.4, -0.2) is 39.9 Å². The summed E-state index contributed by atoms with van der Waals surface area (Å²) in [5.41, 5.74) is 6.83. The van der Waals surface area contributed by atoms with Gasteiger partial charge in [-0.2, -0.15) is 0 Å². The van der Waals surface area contributed by atoms with Gasteiger partial charge in [0.05, 0.1) is 16.7 Å². The molecule has 2 aliphatic rings. The molecule has 6 heteroatoms. The molecule has 1 aromatic rings. The number of hydrogen-bond donors (Lipinski definition) is 1. The lowest BCUT2D eigenvalue weighted by Crippen LogP contribution is -2.38. The zero-order valence-corrected chi connectivity index (χ0v) is 12.9. The summed E-state index contributed by atoms with van der Waals surface area (Å²) in [7, 11) is 0. The molecule has 0 aromatic heterocycles. The molecule has 0 aliphatic carbocycles. The van der Waals surface area contributed by atoms with Crippen LogP contribution in [-0.2, 0) is 0 Å². The molecule has 0 saturated carbocycles. The molecular weight excluding hydrogens is 294 g/mol. The first-order valence-corrected chi connectivity index (χ1v) is 8.05. The summed E-state index contributed by atoms with van der Waals surface area (Å²) in [4.78, 5) is 6.39. The number of fused-ring (bicyclic) bond motifs is 3. The number of para-hydroxylation sites is 1. The van der Waals surface area contributed by atoms with Crippen molar-refractivity contribution >= 4 is 52.0 Å². The normalized spacial score (nSPS) is 21.3. The van der Waals surface area contributed by atoms with E-state index >= 15 is 0 Å². The fourth-order valence-electron chi connectivity index (χ4n) is 2.55. The van der Waals surface area contributed by atoms with Crippen LogP contribution in [0, 0.1) is 0 Å². The third-order valence-electron chi connectivity index (χ3n) is 3.46. The van der Waals surface area contributed by atoms with Crippen LogP contribution < -0.4 is 10.6 Å². The zero-order valence-electron chi connectivity index (χ0n) is 10.4. The van der Waals surface area contributed by atoms with Gasteiger partial charge in [0.1, 0.15) is 0 Å². The monoisotopic (exact) mass is 309 g/mol. The molecule has 2 N–H and O–H groups in total. The van der Waals surface area contributed by atoms with Crippen molar-refractivity contribution in [3.8, 4) is 0 Å². The van der Waals surface area contributed by atoms with Gasteiger partial charge in [-0.1, -0.05) is 24.4 Å². The Morgan fingerprint density at radius 3 is 3.00 bits per heavy atom. The van der Waals surface area contributed by atoms with Gasteiger partial charge in [0.15, 0.2) is 5.11 Å². The van der Waals surface area contributed by atoms with Gasteiger partial charge in [0, 0.05) is 30.2 Å². The Morgan fingerprint density at radius 1 is 1.42 bits per heavy atom. The first-order chi connectivity index (χ1) is 9.16. The van der Waals surface area contributed by atoms with Crippen LogP contribution in [0.25, 0.3) is 0 Å². The van der Waals surface area contributed by atoms with Gasteiger partial charge in [-0.3, -0.25) is 0 Å². The third-order valence-corrected chi connectivity index (χ3v) is 5.32. The number of thioether (sulfide) groups is 1. The van der Waals surface area contributed by atoms with Gasteiger partial charge < -0.3 is 15.5 Å². The van der Waals surface area contributed by atoms with E-state index in [4.69, 9.17) is 30.2 Å². The van der Waals surface area contributed by atoms with Gasteiger partial charge in [-0.25, -0.2) is 0 Å². The van der Waals surface area contributed by atoms with E-state index in [-0.39, 0.29) is 0 Å². The average Bonchev–Trinajstić information content (AvgIpc) is 2.73. The number of benzene rings is 1. The second kappa shape index (κ2) is 5.26. The lowest BCUT2D eigenvalue weighted by atomic mass is 10.2. The van der Waals surface area contributed by atoms with E-state index in [1.165, 1.54) is 10.6 Å². The Bertz CT molecular complexity index is 532. The number of thiocarbonyl (C=S) groups is 2. The van der Waals surface area contributed by atoms with Crippen LogP contribution in [0.1, 0.15) is 6.42 Å². The quantitative estimate of drug-likeness (QED) is 0.862. The standard InChI is InChI=1S/C13H15N3S3/c14-12(17)5-6-15-7-9-8-19-11-4-2-1-3-10(11)16(9)13(15)18/h1-4,9H,5-8H2,(H2,14,17). The third kappa shape index (κ3) is 2.44. The molecule has 1 unspecified atom stereocenters. The number of hydrogen-bond acceptors (Lipinski definition) is 3. The number of rotatable bonds is 3. The molecule has 0 radical (unpaired) electrons. The van der Waals surface area contributed by atoms with Crippen molar-refractivity contribution in [2.45, 2.75) is 17.4 Å². The molecule has 1 aromatic carbocycles. The maximum absolute atomic E-state index is 5.62. The van der Waals surface area contributed by atoms with E-state index in [0.717, 1.165) is 30.4 Å². The molecular formula is C13H15N3S3. The molecule has 3 rings (SSSR count). The highest BCUT2D eigenvalue weighted by Gasteiger charge is 2.38. The summed E-state index contributed by atoms with van der Waals surface area (Å²) in [6, 6.07) is 8.94. The van der Waals surface area contributed by atoms with Crippen LogP contribution in [0.4, 0.5) is 5.69 Å². The minimum atomic E-state index is 0.471. The fourth-order valence-corrected chi connectivity index (χ4v) is 4.17. The van der Waals surface area contributed by atoms with Gasteiger partial charge in [0.2, 0.25) is 0 Å². The van der Waals surface area contributed by atoms with Crippen molar-refractivity contribution in [1.29, 1.82) is 0 Å². The Balaban J connectivity index is 1.82. The first-order valence-electron chi connectivity index (χ1n) is 6.25. The second-order valence-electron chi connectivity index (χ2n) is 4.75. The van der Waals surface area contributed by atoms with Gasteiger partial charge >= 0.3 is 0 Å². The molecule has 1 saturated heterocycles. The van der Waals surface area contributed by atoms with Crippen molar-refractivity contribution < 1.29 is 0 Å². The molecule has 0 bridgehead atoms. The summed E-state index contributed by atoms with van der Waals surface area (Å²) in [5, 5.41) is 0.911. The average molecular weight is 309 g/mol. The Kier molecular flexibility index (Phi) is 3.64. The van der Waals surface area contributed by atoms with Crippen LogP contribution in [0.3, 0.4) is 0 Å². The molecule has 0 spiro atoms. The van der Waals surface area contributed by atoms with Crippen LogP contribution in [0.2, 0.25) is 0 Å². The van der Waals surface area contributed by atoms with E-state index in [0.29, 0.717) is 11.0 Å². The van der Waals surface area contributed by atoms with Gasteiger partial charge in [0.25, 0.3) is 0 Å². The summed E-state index contributed by atoms with van der Waals surface area (Å²) >= 11 is 12.5. The van der Waals surface area contributed by atoms with E-state index < -0.39 is 0 Å². The maximum Gasteiger partial charge on any atom is 0.176 e. The van der Waals surface area contributed by atoms with Gasteiger partial charge in [-0.05, 0) is 24.4 Å². The van der Waals surface area contributed by atoms with Crippen molar-refractivity contribution in [2.75, 3.05) is 23.7 Å². The number of anilines is 1. The zero-order chi connectivity index (χ0) is 13.4. The minimum absolute atomic E-state index is 0.471. The minimum Gasteiger partial charge on any atom is -0.393 e. The predicted octanol–water partition coefficient (Wildman–Crippen LogP) is 2.24. The Hall–Kier alpha value is -0.850. The van der Waals surface area contributed by atoms with E-state index in [9.17, 15) is 0 Å². The van der Waals surface area contributed by atoms with Crippen LogP contribution >= 0.6 is 36.2 Å². The molecule has 0 amide bonds. The smallest absolute Gasteiger partial charge is 0.176 e. The second-order valence-corrected chi connectivity index (χ2v) is 6.70. The lowest BCUT2D eigenvalue weighted by molar-refractivity contribution is 0.458. The SMILES string of the molecule is NC(=S)CCN1CC2CSc3ccccc3N2C1=S. The molecule has 19 heavy (non-hydrogen) atoms. The summed E-state index contributed by atoms with van der Waals surface area (Å²) in [6.45, 7) is 1.80. The Morgan fingerprint density at radius 2 is 2.21 bits per heavy atom. The molecule has 2 heterocycles. The molecule has 1 atom stereocenters. The van der Waals surface area contributed by atoms with Crippen molar-refractivity contribution in [3.63, 3.8) is 0 Å². The highest BCUT2D eigenvalue weighted by Crippen LogP contribution is 2.40. The van der Waals surface area contributed by atoms with Crippen LogP contribution in [0.5, 0.6) is 0 Å².